The van der Waals surface area contributed by atoms with E-state index in [0.717, 1.165) is 26.1 Å². The number of nitrogens with zero attached hydrogens (tertiary/aromatic N) is 1. The molecule has 1 amide bonds. The van der Waals surface area contributed by atoms with Crippen LogP contribution in [0.5, 0.6) is 0 Å². The Balaban J connectivity index is 2.48. The van der Waals surface area contributed by atoms with Crippen molar-refractivity contribution in [2.75, 3.05) is 19.6 Å². The van der Waals surface area contributed by atoms with Crippen molar-refractivity contribution in [1.29, 1.82) is 0 Å². The summed E-state index contributed by atoms with van der Waals surface area (Å²) in [6.07, 6.45) is 2.31. The molecule has 20 heavy (non-hydrogen) atoms. The van der Waals surface area contributed by atoms with Crippen LogP contribution in [0.1, 0.15) is 54.4 Å². The quantitative estimate of drug-likeness (QED) is 0.811. The highest BCUT2D eigenvalue weighted by molar-refractivity contribution is 5.81. The zero-order valence-corrected chi connectivity index (χ0v) is 14.1. The van der Waals surface area contributed by atoms with Crippen molar-refractivity contribution in [2.45, 2.75) is 72.0 Å². The first kappa shape index (κ1) is 17.4. The van der Waals surface area contributed by atoms with Crippen molar-refractivity contribution < 1.29 is 4.79 Å². The van der Waals surface area contributed by atoms with Gasteiger partial charge in [0.05, 0.1) is 6.04 Å². The number of piperidine rings is 1. The number of hydrogen-bond acceptors (Lipinski definition) is 3. The SMILES string of the molecule is CCCNC1CCN(C(C)C(=O)NC(C)(C)C)CC1C. The van der Waals surface area contributed by atoms with Crippen molar-refractivity contribution in [2.24, 2.45) is 5.92 Å². The predicted molar refractivity (Wildman–Crippen MR) is 84.8 cm³/mol. The van der Waals surface area contributed by atoms with Crippen LogP contribution in [0.4, 0.5) is 0 Å². The van der Waals surface area contributed by atoms with Gasteiger partial charge in [0, 0.05) is 24.7 Å². The maximum Gasteiger partial charge on any atom is 0.237 e. The van der Waals surface area contributed by atoms with Gasteiger partial charge in [0.2, 0.25) is 5.91 Å². The Labute approximate surface area is 124 Å². The van der Waals surface area contributed by atoms with E-state index in [2.05, 4.69) is 29.4 Å². The fourth-order valence-corrected chi connectivity index (χ4v) is 2.80. The van der Waals surface area contributed by atoms with Crippen molar-refractivity contribution in [3.63, 3.8) is 0 Å². The molecule has 1 heterocycles. The van der Waals surface area contributed by atoms with Gasteiger partial charge in [-0.3, -0.25) is 9.69 Å². The number of carbonyl (C=O) groups is 1. The second-order valence-electron chi connectivity index (χ2n) is 7.24. The van der Waals surface area contributed by atoms with Crippen LogP contribution < -0.4 is 10.6 Å². The van der Waals surface area contributed by atoms with Crippen molar-refractivity contribution in [3.8, 4) is 0 Å². The van der Waals surface area contributed by atoms with Crippen LogP contribution in [0.25, 0.3) is 0 Å². The molecule has 0 radical (unpaired) electrons. The number of rotatable bonds is 5. The van der Waals surface area contributed by atoms with Gasteiger partial charge in [0.1, 0.15) is 0 Å². The third-order valence-corrected chi connectivity index (χ3v) is 4.02. The highest BCUT2D eigenvalue weighted by atomic mass is 16.2. The summed E-state index contributed by atoms with van der Waals surface area (Å²) in [5.41, 5.74) is -0.155. The molecule has 1 aliphatic rings. The Morgan fingerprint density at radius 1 is 1.40 bits per heavy atom. The molecule has 0 aliphatic carbocycles. The van der Waals surface area contributed by atoms with Gasteiger partial charge >= 0.3 is 0 Å². The van der Waals surface area contributed by atoms with Crippen LogP contribution in [-0.2, 0) is 4.79 Å². The number of likely N-dealkylation sites (tertiary alicyclic amines) is 1. The van der Waals surface area contributed by atoms with Gasteiger partial charge in [-0.05, 0) is 53.0 Å². The molecule has 118 valence electrons. The lowest BCUT2D eigenvalue weighted by Gasteiger charge is -2.40. The molecule has 0 aromatic rings. The van der Waals surface area contributed by atoms with E-state index in [1.807, 2.05) is 27.7 Å². The lowest BCUT2D eigenvalue weighted by Crippen LogP contribution is -2.56. The standard InChI is InChI=1S/C16H33N3O/c1-7-9-17-14-8-10-19(11-12(14)2)13(3)15(20)18-16(4,5)6/h12-14,17H,7-11H2,1-6H3,(H,18,20). The topological polar surface area (TPSA) is 44.4 Å². The molecule has 1 rings (SSSR count). The largest absolute Gasteiger partial charge is 0.350 e. The van der Waals surface area contributed by atoms with Crippen molar-refractivity contribution >= 4 is 5.91 Å². The third-order valence-electron chi connectivity index (χ3n) is 4.02. The van der Waals surface area contributed by atoms with Gasteiger partial charge in [-0.2, -0.15) is 0 Å². The van der Waals surface area contributed by atoms with E-state index in [0.29, 0.717) is 12.0 Å². The fraction of sp³-hybridized carbons (Fsp3) is 0.938. The molecule has 0 aromatic carbocycles. The van der Waals surface area contributed by atoms with Gasteiger partial charge in [-0.15, -0.1) is 0 Å². The zero-order chi connectivity index (χ0) is 15.3. The van der Waals surface area contributed by atoms with Gasteiger partial charge in [-0.1, -0.05) is 13.8 Å². The summed E-state index contributed by atoms with van der Waals surface area (Å²) in [7, 11) is 0. The molecule has 1 fully saturated rings. The van der Waals surface area contributed by atoms with Gasteiger partial charge in [0.15, 0.2) is 0 Å². The van der Waals surface area contributed by atoms with Crippen LogP contribution >= 0.6 is 0 Å². The molecule has 4 nitrogen and oxygen atoms in total. The first-order valence-corrected chi connectivity index (χ1v) is 8.04. The van der Waals surface area contributed by atoms with Crippen LogP contribution in [0, 0.1) is 5.92 Å². The maximum absolute atomic E-state index is 12.2. The Morgan fingerprint density at radius 2 is 2.05 bits per heavy atom. The number of carbonyl (C=O) groups excluding carboxylic acids is 1. The van der Waals surface area contributed by atoms with E-state index in [9.17, 15) is 4.79 Å². The van der Waals surface area contributed by atoms with Crippen molar-refractivity contribution in [3.05, 3.63) is 0 Å². The van der Waals surface area contributed by atoms with Gasteiger partial charge in [0.25, 0.3) is 0 Å². The normalized spacial score (nSPS) is 26.3. The molecule has 1 saturated heterocycles. The minimum absolute atomic E-state index is 0.0381. The second-order valence-corrected chi connectivity index (χ2v) is 7.24. The lowest BCUT2D eigenvalue weighted by molar-refractivity contribution is -0.128. The summed E-state index contributed by atoms with van der Waals surface area (Å²) in [5.74, 6) is 0.741. The summed E-state index contributed by atoms with van der Waals surface area (Å²) >= 11 is 0. The highest BCUT2D eigenvalue weighted by Gasteiger charge is 2.31. The first-order chi connectivity index (χ1) is 9.24. The molecule has 3 atom stereocenters. The van der Waals surface area contributed by atoms with Crippen LogP contribution in [0.15, 0.2) is 0 Å². The third kappa shape index (κ3) is 5.41. The van der Waals surface area contributed by atoms with Gasteiger partial charge < -0.3 is 10.6 Å². The van der Waals surface area contributed by atoms with Crippen molar-refractivity contribution in [1.82, 2.24) is 15.5 Å². The molecular weight excluding hydrogens is 250 g/mol. The minimum atomic E-state index is -0.155. The summed E-state index contributed by atoms with van der Waals surface area (Å²) in [5, 5.41) is 6.70. The molecule has 2 N–H and O–H groups in total. The first-order valence-electron chi connectivity index (χ1n) is 8.04. The highest BCUT2D eigenvalue weighted by Crippen LogP contribution is 2.19. The van der Waals surface area contributed by atoms with E-state index in [4.69, 9.17) is 0 Å². The number of nitrogens with one attached hydrogen (secondary N) is 2. The molecule has 0 aromatic heterocycles. The van der Waals surface area contributed by atoms with E-state index in [1.165, 1.54) is 6.42 Å². The fourth-order valence-electron chi connectivity index (χ4n) is 2.80. The Bertz CT molecular complexity index is 311. The van der Waals surface area contributed by atoms with E-state index < -0.39 is 0 Å². The monoisotopic (exact) mass is 283 g/mol. The zero-order valence-electron chi connectivity index (χ0n) is 14.1. The minimum Gasteiger partial charge on any atom is -0.350 e. The van der Waals surface area contributed by atoms with Gasteiger partial charge in [-0.25, -0.2) is 0 Å². The predicted octanol–water partition coefficient (Wildman–Crippen LogP) is 2.00. The molecule has 1 aliphatic heterocycles. The average Bonchev–Trinajstić information content (AvgIpc) is 2.34. The Kier molecular flexibility index (Phi) is 6.46. The molecular formula is C16H33N3O. The molecule has 0 spiro atoms. The summed E-state index contributed by atoms with van der Waals surface area (Å²) < 4.78 is 0. The summed E-state index contributed by atoms with van der Waals surface area (Å²) in [4.78, 5) is 14.6. The van der Waals surface area contributed by atoms with Crippen LogP contribution in [-0.4, -0.2) is 48.1 Å². The number of hydrogen-bond donors (Lipinski definition) is 2. The molecule has 3 unspecified atom stereocenters. The Hall–Kier alpha value is -0.610. The molecule has 0 saturated carbocycles. The summed E-state index contributed by atoms with van der Waals surface area (Å²) in [6.45, 7) is 15.7. The van der Waals surface area contributed by atoms with Crippen LogP contribution in [0.3, 0.4) is 0 Å². The van der Waals surface area contributed by atoms with E-state index in [-0.39, 0.29) is 17.5 Å². The van der Waals surface area contributed by atoms with Crippen LogP contribution in [0.2, 0.25) is 0 Å². The van der Waals surface area contributed by atoms with E-state index in [1.54, 1.807) is 0 Å². The average molecular weight is 283 g/mol. The lowest BCUT2D eigenvalue weighted by atomic mass is 9.92. The summed E-state index contributed by atoms with van der Waals surface area (Å²) in [6, 6.07) is 0.563. The maximum atomic E-state index is 12.2. The molecule has 4 heteroatoms. The smallest absolute Gasteiger partial charge is 0.237 e. The Morgan fingerprint density at radius 3 is 2.55 bits per heavy atom. The second kappa shape index (κ2) is 7.41. The molecule has 0 bridgehead atoms. The number of amides is 1. The van der Waals surface area contributed by atoms with E-state index >= 15 is 0 Å².